The van der Waals surface area contributed by atoms with Crippen LogP contribution in [0.25, 0.3) is 5.52 Å². The summed E-state index contributed by atoms with van der Waals surface area (Å²) in [5.41, 5.74) is 2.28. The molecule has 0 bridgehead atoms. The number of carbonyl (C=O) groups is 2. The van der Waals surface area contributed by atoms with Crippen molar-refractivity contribution < 1.29 is 9.59 Å². The van der Waals surface area contributed by atoms with Gasteiger partial charge in [0.1, 0.15) is 0 Å². The van der Waals surface area contributed by atoms with Gasteiger partial charge in [0.25, 0.3) is 11.8 Å². The molecule has 2 aromatic heterocycles. The molecule has 2 heterocycles. The van der Waals surface area contributed by atoms with Gasteiger partial charge in [-0.1, -0.05) is 30.7 Å². The number of aryl methyl sites for hydroxylation is 1. The van der Waals surface area contributed by atoms with Crippen molar-refractivity contribution >= 4 is 34.6 Å². The Morgan fingerprint density at radius 1 is 1.22 bits per heavy atom. The van der Waals surface area contributed by atoms with Gasteiger partial charge in [0, 0.05) is 22.9 Å². The zero-order chi connectivity index (χ0) is 19.6. The van der Waals surface area contributed by atoms with Crippen molar-refractivity contribution in [2.24, 2.45) is 0 Å². The molecule has 27 heavy (non-hydrogen) atoms. The Kier molecular flexibility index (Phi) is 5.46. The molecule has 0 spiro atoms. The number of benzene rings is 1. The van der Waals surface area contributed by atoms with Crippen LogP contribution >= 0.6 is 11.6 Å². The van der Waals surface area contributed by atoms with Crippen molar-refractivity contribution in [2.45, 2.75) is 33.2 Å². The van der Waals surface area contributed by atoms with Gasteiger partial charge in [-0.2, -0.15) is 0 Å². The van der Waals surface area contributed by atoms with Crippen molar-refractivity contribution in [3.8, 4) is 0 Å². The minimum absolute atomic E-state index is 0.0179. The predicted molar refractivity (Wildman–Crippen MR) is 107 cm³/mol. The third kappa shape index (κ3) is 3.95. The highest BCUT2D eigenvalue weighted by Gasteiger charge is 2.22. The first kappa shape index (κ1) is 18.9. The highest BCUT2D eigenvalue weighted by molar-refractivity contribution is 6.31. The van der Waals surface area contributed by atoms with E-state index in [0.29, 0.717) is 16.2 Å². The smallest absolute Gasteiger partial charge is 0.292 e. The van der Waals surface area contributed by atoms with E-state index in [-0.39, 0.29) is 23.5 Å². The second-order valence-electron chi connectivity index (χ2n) is 6.44. The largest absolute Gasteiger partial charge is 0.348 e. The Bertz CT molecular complexity index is 1010. The third-order valence-corrected chi connectivity index (χ3v) is 4.64. The second-order valence-corrected chi connectivity index (χ2v) is 6.87. The number of nitrogens with one attached hydrogen (secondary N) is 2. The average molecular weight is 385 g/mol. The van der Waals surface area contributed by atoms with Crippen LogP contribution < -0.4 is 10.6 Å². The van der Waals surface area contributed by atoms with Gasteiger partial charge in [-0.25, -0.2) is 4.98 Å². The van der Waals surface area contributed by atoms with Crippen LogP contribution in [0.5, 0.6) is 0 Å². The Labute approximate surface area is 162 Å². The zero-order valence-electron chi connectivity index (χ0n) is 15.4. The molecule has 1 aromatic carbocycles. The molecule has 3 rings (SSSR count). The molecule has 7 heteroatoms. The first-order valence-corrected chi connectivity index (χ1v) is 9.14. The number of pyridine rings is 1. The molecule has 3 aromatic rings. The van der Waals surface area contributed by atoms with E-state index in [1.807, 2.05) is 26.8 Å². The normalized spacial score (nSPS) is 12.0. The molecule has 140 valence electrons. The molecule has 0 aliphatic carbocycles. The number of imidazole rings is 1. The standard InChI is InChI=1S/C20H21ClN4O2/c1-4-13(3)22-19(26)17-16-7-5-6-10-25(16)18(24-17)20(27)23-15-11-14(21)9-8-12(15)2/h5-11,13H,4H2,1-3H3,(H,22,26)(H,23,27). The predicted octanol–water partition coefficient (Wildman–Crippen LogP) is 4.08. The minimum atomic E-state index is -0.413. The van der Waals surface area contributed by atoms with E-state index in [9.17, 15) is 9.59 Å². The fourth-order valence-electron chi connectivity index (χ4n) is 2.67. The van der Waals surface area contributed by atoms with Crippen molar-refractivity contribution in [1.82, 2.24) is 14.7 Å². The maximum absolute atomic E-state index is 12.8. The maximum atomic E-state index is 12.8. The van der Waals surface area contributed by atoms with Gasteiger partial charge >= 0.3 is 0 Å². The molecule has 1 unspecified atom stereocenters. The summed E-state index contributed by atoms with van der Waals surface area (Å²) in [6, 6.07) is 10.6. The summed E-state index contributed by atoms with van der Waals surface area (Å²) < 4.78 is 1.61. The number of hydrogen-bond donors (Lipinski definition) is 2. The van der Waals surface area contributed by atoms with E-state index in [2.05, 4.69) is 15.6 Å². The summed E-state index contributed by atoms with van der Waals surface area (Å²) in [4.78, 5) is 29.8. The number of amides is 2. The van der Waals surface area contributed by atoms with Crippen LogP contribution in [0.15, 0.2) is 42.6 Å². The first-order valence-electron chi connectivity index (χ1n) is 8.76. The zero-order valence-corrected chi connectivity index (χ0v) is 16.2. The van der Waals surface area contributed by atoms with E-state index in [0.717, 1.165) is 12.0 Å². The Morgan fingerprint density at radius 2 is 2.00 bits per heavy atom. The van der Waals surface area contributed by atoms with E-state index in [4.69, 9.17) is 11.6 Å². The third-order valence-electron chi connectivity index (χ3n) is 4.40. The summed E-state index contributed by atoms with van der Waals surface area (Å²) in [7, 11) is 0. The number of rotatable bonds is 5. The van der Waals surface area contributed by atoms with Crippen molar-refractivity contribution in [3.05, 3.63) is 64.7 Å². The van der Waals surface area contributed by atoms with Crippen LogP contribution in [0.2, 0.25) is 5.02 Å². The quantitative estimate of drug-likeness (QED) is 0.696. The lowest BCUT2D eigenvalue weighted by molar-refractivity contribution is 0.0936. The van der Waals surface area contributed by atoms with Gasteiger partial charge in [-0.3, -0.25) is 14.0 Å². The van der Waals surface area contributed by atoms with E-state index in [1.54, 1.807) is 40.9 Å². The maximum Gasteiger partial charge on any atom is 0.292 e. The Hall–Kier alpha value is -2.86. The van der Waals surface area contributed by atoms with Gasteiger partial charge in [0.2, 0.25) is 5.82 Å². The molecule has 0 fully saturated rings. The molecular weight excluding hydrogens is 364 g/mol. The lowest BCUT2D eigenvalue weighted by Gasteiger charge is -2.09. The lowest BCUT2D eigenvalue weighted by atomic mass is 10.2. The highest BCUT2D eigenvalue weighted by Crippen LogP contribution is 2.21. The van der Waals surface area contributed by atoms with Crippen molar-refractivity contribution in [3.63, 3.8) is 0 Å². The summed E-state index contributed by atoms with van der Waals surface area (Å²) in [6.07, 6.45) is 2.51. The van der Waals surface area contributed by atoms with Crippen molar-refractivity contribution in [2.75, 3.05) is 5.32 Å². The monoisotopic (exact) mass is 384 g/mol. The van der Waals surface area contributed by atoms with Crippen LogP contribution in [0.1, 0.15) is 46.9 Å². The molecule has 0 aliphatic heterocycles. The fraction of sp³-hybridized carbons (Fsp3) is 0.250. The van der Waals surface area contributed by atoms with Gasteiger partial charge < -0.3 is 10.6 Å². The molecule has 2 amide bonds. The number of halogens is 1. The Morgan fingerprint density at radius 3 is 2.74 bits per heavy atom. The first-order chi connectivity index (χ1) is 12.9. The minimum Gasteiger partial charge on any atom is -0.348 e. The molecule has 0 radical (unpaired) electrons. The summed E-state index contributed by atoms with van der Waals surface area (Å²) in [6.45, 7) is 5.79. The summed E-state index contributed by atoms with van der Waals surface area (Å²) >= 11 is 6.02. The molecule has 0 aliphatic rings. The SMILES string of the molecule is CCC(C)NC(=O)c1nc(C(=O)Nc2cc(Cl)ccc2C)n2ccccc12. The molecular formula is C20H21ClN4O2. The lowest BCUT2D eigenvalue weighted by Crippen LogP contribution is -2.32. The number of anilines is 1. The Balaban J connectivity index is 1.98. The number of hydrogen-bond acceptors (Lipinski definition) is 3. The number of nitrogens with zero attached hydrogens (tertiary/aromatic N) is 2. The van der Waals surface area contributed by atoms with E-state index in [1.165, 1.54) is 0 Å². The van der Waals surface area contributed by atoms with E-state index >= 15 is 0 Å². The van der Waals surface area contributed by atoms with Gasteiger partial charge in [-0.15, -0.1) is 0 Å². The summed E-state index contributed by atoms with van der Waals surface area (Å²) in [5.74, 6) is -0.575. The van der Waals surface area contributed by atoms with Gasteiger partial charge in [-0.05, 0) is 50.1 Å². The molecule has 6 nitrogen and oxygen atoms in total. The highest BCUT2D eigenvalue weighted by atomic mass is 35.5. The van der Waals surface area contributed by atoms with Gasteiger partial charge in [0.05, 0.1) is 5.52 Å². The number of fused-ring (bicyclic) bond motifs is 1. The van der Waals surface area contributed by atoms with Crippen molar-refractivity contribution in [1.29, 1.82) is 0 Å². The van der Waals surface area contributed by atoms with Crippen LogP contribution in [-0.4, -0.2) is 27.2 Å². The van der Waals surface area contributed by atoms with Crippen LogP contribution in [0, 0.1) is 6.92 Å². The molecule has 1 atom stereocenters. The van der Waals surface area contributed by atoms with Crippen LogP contribution in [0.3, 0.4) is 0 Å². The molecule has 0 saturated heterocycles. The number of aromatic nitrogens is 2. The van der Waals surface area contributed by atoms with Gasteiger partial charge in [0.15, 0.2) is 5.69 Å². The molecule has 2 N–H and O–H groups in total. The fourth-order valence-corrected chi connectivity index (χ4v) is 2.84. The van der Waals surface area contributed by atoms with E-state index < -0.39 is 5.91 Å². The number of carbonyl (C=O) groups excluding carboxylic acids is 2. The van der Waals surface area contributed by atoms with Crippen LogP contribution in [-0.2, 0) is 0 Å². The topological polar surface area (TPSA) is 75.5 Å². The summed E-state index contributed by atoms with van der Waals surface area (Å²) in [5, 5.41) is 6.24. The van der Waals surface area contributed by atoms with Crippen LogP contribution in [0.4, 0.5) is 5.69 Å². The second kappa shape index (κ2) is 7.80. The average Bonchev–Trinajstić information content (AvgIpc) is 3.04. The molecule has 0 saturated carbocycles.